The molecule has 0 atom stereocenters. The fourth-order valence-corrected chi connectivity index (χ4v) is 2.56. The first-order chi connectivity index (χ1) is 11.3. The Balaban J connectivity index is 2.60. The average molecular weight is 353 g/mol. The average Bonchev–Trinajstić information content (AvgIpc) is 2.98. The molecular weight excluding hydrogens is 334 g/mol. The van der Waals surface area contributed by atoms with Gasteiger partial charge in [-0.15, -0.1) is 0 Å². The van der Waals surface area contributed by atoms with Crippen LogP contribution in [0.25, 0.3) is 5.69 Å². The number of esters is 1. The van der Waals surface area contributed by atoms with Gasteiger partial charge >= 0.3 is 5.97 Å². The molecular formula is C15H19N3O5S. The van der Waals surface area contributed by atoms with Gasteiger partial charge in [-0.1, -0.05) is 0 Å². The molecule has 1 aromatic heterocycles. The monoisotopic (exact) mass is 353 g/mol. The van der Waals surface area contributed by atoms with Crippen molar-refractivity contribution < 1.29 is 22.7 Å². The van der Waals surface area contributed by atoms with Gasteiger partial charge in [0.1, 0.15) is 11.3 Å². The van der Waals surface area contributed by atoms with Crippen LogP contribution in [0.3, 0.4) is 0 Å². The Kier molecular flexibility index (Phi) is 5.13. The predicted octanol–water partition coefficient (Wildman–Crippen LogP) is 1.45. The molecule has 0 N–H and O–H groups in total. The van der Waals surface area contributed by atoms with E-state index >= 15 is 0 Å². The van der Waals surface area contributed by atoms with Crippen molar-refractivity contribution in [2.24, 2.45) is 0 Å². The van der Waals surface area contributed by atoms with E-state index < -0.39 is 16.0 Å². The van der Waals surface area contributed by atoms with Crippen LogP contribution in [-0.4, -0.2) is 51.2 Å². The molecule has 2 aromatic rings. The van der Waals surface area contributed by atoms with Gasteiger partial charge in [0.05, 0.1) is 31.9 Å². The van der Waals surface area contributed by atoms with Crippen molar-refractivity contribution in [1.29, 1.82) is 0 Å². The molecule has 0 radical (unpaired) electrons. The van der Waals surface area contributed by atoms with Crippen LogP contribution < -0.4 is 9.04 Å². The third-order valence-electron chi connectivity index (χ3n) is 3.35. The summed E-state index contributed by atoms with van der Waals surface area (Å²) in [7, 11) is -0.698. The first kappa shape index (κ1) is 17.8. The fourth-order valence-electron chi connectivity index (χ4n) is 2.07. The van der Waals surface area contributed by atoms with Gasteiger partial charge in [0.15, 0.2) is 5.82 Å². The minimum absolute atomic E-state index is 0.0700. The van der Waals surface area contributed by atoms with Gasteiger partial charge in [0.2, 0.25) is 10.0 Å². The topological polar surface area (TPSA) is 90.7 Å². The van der Waals surface area contributed by atoms with E-state index in [4.69, 9.17) is 9.47 Å². The van der Waals surface area contributed by atoms with Crippen molar-refractivity contribution in [2.75, 3.05) is 31.3 Å². The van der Waals surface area contributed by atoms with Crippen molar-refractivity contribution in [3.8, 4) is 11.4 Å². The lowest BCUT2D eigenvalue weighted by atomic mass is 10.3. The van der Waals surface area contributed by atoms with Crippen LogP contribution in [0.15, 0.2) is 30.5 Å². The van der Waals surface area contributed by atoms with Crippen LogP contribution in [0, 0.1) is 0 Å². The summed E-state index contributed by atoms with van der Waals surface area (Å²) in [5.41, 5.74) is 0.650. The van der Waals surface area contributed by atoms with Gasteiger partial charge in [0.25, 0.3) is 0 Å². The number of benzene rings is 1. The number of rotatable bonds is 6. The second kappa shape index (κ2) is 6.91. The molecule has 1 heterocycles. The lowest BCUT2D eigenvalue weighted by Crippen LogP contribution is -2.29. The number of anilines is 1. The summed E-state index contributed by atoms with van der Waals surface area (Å²) in [5.74, 6) is 0.124. The molecule has 130 valence electrons. The molecule has 0 bridgehead atoms. The summed E-state index contributed by atoms with van der Waals surface area (Å²) >= 11 is 0. The summed E-state index contributed by atoms with van der Waals surface area (Å²) in [6, 6.07) is 6.84. The van der Waals surface area contributed by atoms with Crippen molar-refractivity contribution in [3.63, 3.8) is 0 Å². The highest BCUT2D eigenvalue weighted by Crippen LogP contribution is 2.27. The number of carbonyl (C=O) groups excluding carboxylic acids is 1. The molecule has 9 heteroatoms. The standard InChI is InChI=1S/C15H19N3O5S/c1-5-23-15(19)13-10-16-18(14(13)17(2)24(4,20)21)11-6-8-12(22-3)9-7-11/h6-10H,5H2,1-4H3. The molecule has 8 nitrogen and oxygen atoms in total. The molecule has 0 aliphatic heterocycles. The number of hydrogen-bond donors (Lipinski definition) is 0. The van der Waals surface area contributed by atoms with Crippen LogP contribution in [-0.2, 0) is 14.8 Å². The van der Waals surface area contributed by atoms with Crippen LogP contribution in [0.5, 0.6) is 5.75 Å². The quantitative estimate of drug-likeness (QED) is 0.730. The fraction of sp³-hybridized carbons (Fsp3) is 0.333. The molecule has 0 unspecified atom stereocenters. The Labute approximate surface area is 140 Å². The smallest absolute Gasteiger partial charge is 0.343 e. The first-order valence-corrected chi connectivity index (χ1v) is 8.98. The second-order valence-electron chi connectivity index (χ2n) is 4.94. The summed E-state index contributed by atoms with van der Waals surface area (Å²) in [6.45, 7) is 1.85. The minimum atomic E-state index is -3.60. The van der Waals surface area contributed by atoms with E-state index in [1.165, 1.54) is 17.9 Å². The number of sulfonamides is 1. The van der Waals surface area contributed by atoms with E-state index in [0.717, 1.165) is 10.6 Å². The number of aromatic nitrogens is 2. The van der Waals surface area contributed by atoms with Crippen molar-refractivity contribution >= 4 is 21.8 Å². The van der Waals surface area contributed by atoms with Gasteiger partial charge in [-0.25, -0.2) is 17.9 Å². The number of methoxy groups -OCH3 is 1. The van der Waals surface area contributed by atoms with Gasteiger partial charge in [0, 0.05) is 7.05 Å². The van der Waals surface area contributed by atoms with E-state index in [1.807, 2.05) is 0 Å². The number of carbonyl (C=O) groups is 1. The maximum Gasteiger partial charge on any atom is 0.343 e. The highest BCUT2D eigenvalue weighted by molar-refractivity contribution is 7.92. The molecule has 0 aliphatic carbocycles. The maximum absolute atomic E-state index is 12.1. The number of ether oxygens (including phenoxy) is 2. The Morgan fingerprint density at radius 1 is 1.29 bits per heavy atom. The molecule has 0 saturated heterocycles. The largest absolute Gasteiger partial charge is 0.497 e. The SMILES string of the molecule is CCOC(=O)c1cnn(-c2ccc(OC)cc2)c1N(C)S(C)(=O)=O. The summed E-state index contributed by atoms with van der Waals surface area (Å²) in [6.07, 6.45) is 2.34. The second-order valence-corrected chi connectivity index (χ2v) is 6.96. The Morgan fingerprint density at radius 2 is 1.92 bits per heavy atom. The Hall–Kier alpha value is -2.55. The van der Waals surface area contributed by atoms with Crippen LogP contribution in [0.4, 0.5) is 5.82 Å². The molecule has 0 spiro atoms. The molecule has 0 aliphatic rings. The third-order valence-corrected chi connectivity index (χ3v) is 4.52. The zero-order valence-corrected chi connectivity index (χ0v) is 14.7. The van der Waals surface area contributed by atoms with Crippen LogP contribution >= 0.6 is 0 Å². The highest BCUT2D eigenvalue weighted by atomic mass is 32.2. The lowest BCUT2D eigenvalue weighted by molar-refractivity contribution is 0.0527. The lowest BCUT2D eigenvalue weighted by Gasteiger charge is -2.19. The molecule has 1 aromatic carbocycles. The number of hydrogen-bond acceptors (Lipinski definition) is 6. The van der Waals surface area contributed by atoms with Crippen molar-refractivity contribution in [1.82, 2.24) is 9.78 Å². The summed E-state index contributed by atoms with van der Waals surface area (Å²) in [4.78, 5) is 12.1. The molecule has 24 heavy (non-hydrogen) atoms. The maximum atomic E-state index is 12.1. The summed E-state index contributed by atoms with van der Waals surface area (Å²) < 4.78 is 36.4. The van der Waals surface area contributed by atoms with E-state index in [2.05, 4.69) is 5.10 Å². The summed E-state index contributed by atoms with van der Waals surface area (Å²) in [5, 5.41) is 4.15. The van der Waals surface area contributed by atoms with E-state index in [-0.39, 0.29) is 18.0 Å². The molecule has 0 fully saturated rings. The van der Waals surface area contributed by atoms with Gasteiger partial charge in [-0.05, 0) is 31.2 Å². The Morgan fingerprint density at radius 3 is 2.42 bits per heavy atom. The van der Waals surface area contributed by atoms with Crippen LogP contribution in [0.2, 0.25) is 0 Å². The normalized spacial score (nSPS) is 11.2. The Bertz CT molecular complexity index is 827. The number of nitrogens with zero attached hydrogens (tertiary/aromatic N) is 3. The zero-order chi connectivity index (χ0) is 17.9. The predicted molar refractivity (Wildman–Crippen MR) is 89.3 cm³/mol. The third kappa shape index (κ3) is 3.51. The first-order valence-electron chi connectivity index (χ1n) is 7.13. The van der Waals surface area contributed by atoms with E-state index in [1.54, 1.807) is 38.3 Å². The minimum Gasteiger partial charge on any atom is -0.497 e. The van der Waals surface area contributed by atoms with Gasteiger partial charge in [-0.2, -0.15) is 5.10 Å². The van der Waals surface area contributed by atoms with Crippen LogP contribution in [0.1, 0.15) is 17.3 Å². The van der Waals surface area contributed by atoms with Gasteiger partial charge in [-0.3, -0.25) is 4.31 Å². The molecule has 0 saturated carbocycles. The van der Waals surface area contributed by atoms with Gasteiger partial charge < -0.3 is 9.47 Å². The highest BCUT2D eigenvalue weighted by Gasteiger charge is 2.26. The molecule has 2 rings (SSSR count). The van der Waals surface area contributed by atoms with E-state index in [9.17, 15) is 13.2 Å². The zero-order valence-electron chi connectivity index (χ0n) is 13.9. The van der Waals surface area contributed by atoms with Crippen molar-refractivity contribution in [3.05, 3.63) is 36.0 Å². The van der Waals surface area contributed by atoms with Crippen molar-refractivity contribution in [2.45, 2.75) is 6.92 Å². The molecule has 0 amide bonds. The van der Waals surface area contributed by atoms with E-state index in [0.29, 0.717) is 11.4 Å².